The number of thioether (sulfide) groups is 1. The van der Waals surface area contributed by atoms with Crippen LogP contribution in [0, 0.1) is 0 Å². The zero-order chi connectivity index (χ0) is 8.10. The molecule has 0 radical (unpaired) electrons. The van der Waals surface area contributed by atoms with Crippen molar-refractivity contribution in [3.05, 3.63) is 12.3 Å². The molecule has 0 aliphatic heterocycles. The van der Waals surface area contributed by atoms with Gasteiger partial charge in [0, 0.05) is 12.3 Å². The summed E-state index contributed by atoms with van der Waals surface area (Å²) in [7, 11) is 1.60. The first-order valence-corrected chi connectivity index (χ1v) is 4.35. The van der Waals surface area contributed by atoms with Gasteiger partial charge in [-0.2, -0.15) is 4.98 Å². The Hall–Kier alpha value is -0.770. The molecule has 0 unspecified atom stereocenters. The zero-order valence-electron chi connectivity index (χ0n) is 6.57. The fraction of sp³-hybridized carbons (Fsp3) is 0.429. The highest BCUT2D eigenvalue weighted by molar-refractivity contribution is 7.99. The Morgan fingerprint density at radius 1 is 1.64 bits per heavy atom. The highest BCUT2D eigenvalue weighted by Crippen LogP contribution is 2.14. The van der Waals surface area contributed by atoms with Gasteiger partial charge in [0.2, 0.25) is 5.88 Å². The van der Waals surface area contributed by atoms with Gasteiger partial charge in [-0.1, -0.05) is 18.7 Å². The Balaban J connectivity index is 2.74. The van der Waals surface area contributed by atoms with Gasteiger partial charge in [0.05, 0.1) is 7.11 Å². The molecule has 0 N–H and O–H groups in total. The molecule has 0 aromatic carbocycles. The van der Waals surface area contributed by atoms with Crippen LogP contribution >= 0.6 is 11.8 Å². The Bertz CT molecular complexity index is 229. The van der Waals surface area contributed by atoms with Crippen LogP contribution in [-0.4, -0.2) is 22.8 Å². The highest BCUT2D eigenvalue weighted by atomic mass is 32.2. The number of rotatable bonds is 3. The largest absolute Gasteiger partial charge is 0.481 e. The molecule has 60 valence electrons. The second-order valence-electron chi connectivity index (χ2n) is 1.81. The van der Waals surface area contributed by atoms with Crippen LogP contribution < -0.4 is 4.74 Å². The number of aromatic nitrogens is 2. The lowest BCUT2D eigenvalue weighted by molar-refractivity contribution is 0.392. The summed E-state index contributed by atoms with van der Waals surface area (Å²) in [6, 6.07) is 1.74. The van der Waals surface area contributed by atoms with Crippen molar-refractivity contribution in [3.8, 4) is 5.88 Å². The molecule has 0 aliphatic carbocycles. The number of nitrogens with zero attached hydrogens (tertiary/aromatic N) is 2. The zero-order valence-corrected chi connectivity index (χ0v) is 7.39. The van der Waals surface area contributed by atoms with Gasteiger partial charge in [-0.15, -0.1) is 0 Å². The van der Waals surface area contributed by atoms with Gasteiger partial charge in [0.1, 0.15) is 0 Å². The van der Waals surface area contributed by atoms with Gasteiger partial charge < -0.3 is 4.74 Å². The third-order valence-electron chi connectivity index (χ3n) is 1.09. The van der Waals surface area contributed by atoms with E-state index in [2.05, 4.69) is 16.9 Å². The molecule has 0 saturated heterocycles. The van der Waals surface area contributed by atoms with Crippen molar-refractivity contribution < 1.29 is 4.74 Å². The highest BCUT2D eigenvalue weighted by Gasteiger charge is 1.96. The minimum Gasteiger partial charge on any atom is -0.481 e. The molecule has 1 aromatic heterocycles. The predicted octanol–water partition coefficient (Wildman–Crippen LogP) is 1.60. The molecule has 0 bridgehead atoms. The Morgan fingerprint density at radius 3 is 3.09 bits per heavy atom. The van der Waals surface area contributed by atoms with E-state index < -0.39 is 0 Å². The van der Waals surface area contributed by atoms with Crippen molar-refractivity contribution in [1.82, 2.24) is 9.97 Å². The lowest BCUT2D eigenvalue weighted by Gasteiger charge is -1.99. The smallest absolute Gasteiger partial charge is 0.216 e. The topological polar surface area (TPSA) is 35.0 Å². The molecule has 0 amide bonds. The van der Waals surface area contributed by atoms with Gasteiger partial charge in [0.15, 0.2) is 5.16 Å². The van der Waals surface area contributed by atoms with Gasteiger partial charge in [0.25, 0.3) is 0 Å². The minimum absolute atomic E-state index is 0.621. The molecule has 1 heterocycles. The van der Waals surface area contributed by atoms with Gasteiger partial charge in [-0.3, -0.25) is 0 Å². The molecule has 0 spiro atoms. The van der Waals surface area contributed by atoms with Crippen LogP contribution in [0.4, 0.5) is 0 Å². The number of hydrogen-bond donors (Lipinski definition) is 0. The van der Waals surface area contributed by atoms with Crippen molar-refractivity contribution in [2.45, 2.75) is 12.1 Å². The second-order valence-corrected chi connectivity index (χ2v) is 3.05. The van der Waals surface area contributed by atoms with E-state index in [4.69, 9.17) is 4.74 Å². The van der Waals surface area contributed by atoms with Crippen LogP contribution in [0.2, 0.25) is 0 Å². The Kier molecular flexibility index (Phi) is 3.16. The Morgan fingerprint density at radius 2 is 2.45 bits per heavy atom. The third kappa shape index (κ3) is 2.38. The van der Waals surface area contributed by atoms with E-state index in [0.717, 1.165) is 10.9 Å². The quantitative estimate of drug-likeness (QED) is 0.510. The normalized spacial score (nSPS) is 9.64. The van der Waals surface area contributed by atoms with Crippen molar-refractivity contribution in [1.29, 1.82) is 0 Å². The lowest BCUT2D eigenvalue weighted by Crippen LogP contribution is -1.90. The summed E-state index contributed by atoms with van der Waals surface area (Å²) < 4.78 is 4.94. The van der Waals surface area contributed by atoms with E-state index in [1.807, 2.05) is 0 Å². The fourth-order valence-electron chi connectivity index (χ4n) is 0.638. The van der Waals surface area contributed by atoms with Crippen LogP contribution in [0.25, 0.3) is 0 Å². The molecular formula is C7H10N2OS. The van der Waals surface area contributed by atoms with Crippen molar-refractivity contribution >= 4 is 11.8 Å². The van der Waals surface area contributed by atoms with Crippen LogP contribution in [0.3, 0.4) is 0 Å². The molecule has 1 rings (SSSR count). The maximum Gasteiger partial charge on any atom is 0.216 e. The lowest BCUT2D eigenvalue weighted by atomic mass is 10.6. The maximum absolute atomic E-state index is 4.94. The molecule has 0 aliphatic rings. The summed E-state index contributed by atoms with van der Waals surface area (Å²) >= 11 is 1.60. The van der Waals surface area contributed by atoms with E-state index in [1.165, 1.54) is 0 Å². The van der Waals surface area contributed by atoms with Crippen molar-refractivity contribution in [2.75, 3.05) is 12.9 Å². The molecular weight excluding hydrogens is 160 g/mol. The standard InChI is InChI=1S/C7H10N2OS/c1-3-11-7-8-5-4-6(9-7)10-2/h4-5H,3H2,1-2H3. The minimum atomic E-state index is 0.621. The van der Waals surface area contributed by atoms with Crippen LogP contribution in [0.5, 0.6) is 5.88 Å². The van der Waals surface area contributed by atoms with Gasteiger partial charge >= 0.3 is 0 Å². The van der Waals surface area contributed by atoms with Crippen LogP contribution in [0.15, 0.2) is 17.4 Å². The third-order valence-corrected chi connectivity index (χ3v) is 1.83. The van der Waals surface area contributed by atoms with Gasteiger partial charge in [-0.05, 0) is 5.75 Å². The first-order chi connectivity index (χ1) is 5.36. The molecule has 3 nitrogen and oxygen atoms in total. The summed E-state index contributed by atoms with van der Waals surface area (Å²) in [6.45, 7) is 2.06. The summed E-state index contributed by atoms with van der Waals surface area (Å²) in [4.78, 5) is 8.16. The molecule has 0 saturated carbocycles. The van der Waals surface area contributed by atoms with Crippen molar-refractivity contribution in [3.63, 3.8) is 0 Å². The van der Waals surface area contributed by atoms with E-state index >= 15 is 0 Å². The second kappa shape index (κ2) is 4.18. The molecule has 4 heteroatoms. The van der Waals surface area contributed by atoms with Crippen molar-refractivity contribution in [2.24, 2.45) is 0 Å². The van der Waals surface area contributed by atoms with Crippen LogP contribution in [-0.2, 0) is 0 Å². The van der Waals surface area contributed by atoms with E-state index in [1.54, 1.807) is 31.1 Å². The number of hydrogen-bond acceptors (Lipinski definition) is 4. The summed E-state index contributed by atoms with van der Waals surface area (Å²) in [5.41, 5.74) is 0. The number of methoxy groups -OCH3 is 1. The number of ether oxygens (including phenoxy) is 1. The van der Waals surface area contributed by atoms with E-state index in [-0.39, 0.29) is 0 Å². The van der Waals surface area contributed by atoms with E-state index in [0.29, 0.717) is 5.88 Å². The van der Waals surface area contributed by atoms with E-state index in [9.17, 15) is 0 Å². The predicted molar refractivity (Wildman–Crippen MR) is 45.0 cm³/mol. The SMILES string of the molecule is CCSc1nccc(OC)n1. The summed E-state index contributed by atoms with van der Waals surface area (Å²) in [5, 5.41) is 0.770. The fourth-order valence-corrected chi connectivity index (χ4v) is 1.19. The molecule has 0 atom stereocenters. The molecule has 1 aromatic rings. The summed E-state index contributed by atoms with van der Waals surface area (Å²) in [5.74, 6) is 1.60. The van der Waals surface area contributed by atoms with Gasteiger partial charge in [-0.25, -0.2) is 4.98 Å². The first-order valence-electron chi connectivity index (χ1n) is 3.36. The maximum atomic E-state index is 4.94. The average Bonchev–Trinajstić information content (AvgIpc) is 2.06. The Labute approximate surface area is 70.2 Å². The molecule has 0 fully saturated rings. The monoisotopic (exact) mass is 170 g/mol. The van der Waals surface area contributed by atoms with Crippen LogP contribution in [0.1, 0.15) is 6.92 Å². The first kappa shape index (κ1) is 8.33. The molecule has 11 heavy (non-hydrogen) atoms. The summed E-state index contributed by atoms with van der Waals surface area (Å²) in [6.07, 6.45) is 1.70. The average molecular weight is 170 g/mol.